The zero-order chi connectivity index (χ0) is 14.1. The summed E-state index contributed by atoms with van der Waals surface area (Å²) in [5.41, 5.74) is 5.37. The third-order valence-corrected chi connectivity index (χ3v) is 4.64. The summed E-state index contributed by atoms with van der Waals surface area (Å²) in [6, 6.07) is 10.2. The van der Waals surface area contributed by atoms with Crippen LogP contribution >= 0.6 is 24.2 Å². The van der Waals surface area contributed by atoms with Gasteiger partial charge in [-0.15, -0.1) is 24.2 Å². The van der Waals surface area contributed by atoms with Crippen LogP contribution < -0.4 is 11.1 Å². The Kier molecular flexibility index (Phi) is 9.72. The second kappa shape index (κ2) is 10.1. The molecule has 0 aliphatic heterocycles. The van der Waals surface area contributed by atoms with Crippen LogP contribution in [-0.2, 0) is 4.79 Å². The monoisotopic (exact) mass is 316 g/mol. The number of nitrogens with two attached hydrogens (primary N) is 1. The summed E-state index contributed by atoms with van der Waals surface area (Å²) in [5, 5.41) is 3.01. The van der Waals surface area contributed by atoms with Gasteiger partial charge in [0.25, 0.3) is 0 Å². The van der Waals surface area contributed by atoms with Gasteiger partial charge in [0.2, 0.25) is 5.91 Å². The zero-order valence-electron chi connectivity index (χ0n) is 12.2. The lowest BCUT2D eigenvalue weighted by Gasteiger charge is -2.28. The number of carbonyl (C=O) groups is 1. The Morgan fingerprint density at radius 1 is 1.25 bits per heavy atom. The predicted octanol–water partition coefficient (Wildman–Crippen LogP) is 3.08. The Balaban J connectivity index is 0.00000361. The van der Waals surface area contributed by atoms with Gasteiger partial charge in [0.05, 0.1) is 5.41 Å². The molecule has 1 aromatic rings. The van der Waals surface area contributed by atoms with Crippen molar-refractivity contribution in [3.05, 3.63) is 30.3 Å². The smallest absolute Gasteiger partial charge is 0.227 e. The van der Waals surface area contributed by atoms with Gasteiger partial charge in [0, 0.05) is 23.7 Å². The molecule has 1 rings (SSSR count). The van der Waals surface area contributed by atoms with E-state index in [1.165, 1.54) is 4.90 Å². The molecule has 0 unspecified atom stereocenters. The van der Waals surface area contributed by atoms with Crippen LogP contribution in [0.15, 0.2) is 35.2 Å². The van der Waals surface area contributed by atoms with E-state index in [2.05, 4.69) is 17.4 Å². The van der Waals surface area contributed by atoms with Crippen LogP contribution in [0, 0.1) is 5.41 Å². The molecule has 0 radical (unpaired) electrons. The van der Waals surface area contributed by atoms with Crippen molar-refractivity contribution in [1.29, 1.82) is 0 Å². The first-order chi connectivity index (χ1) is 9.18. The molecule has 1 aromatic carbocycles. The van der Waals surface area contributed by atoms with Gasteiger partial charge < -0.3 is 11.1 Å². The van der Waals surface area contributed by atoms with Gasteiger partial charge in [-0.1, -0.05) is 32.0 Å². The average Bonchev–Trinajstić information content (AvgIpc) is 2.47. The first-order valence-electron chi connectivity index (χ1n) is 6.84. The number of thioether (sulfide) groups is 1. The summed E-state index contributed by atoms with van der Waals surface area (Å²) in [5.74, 6) is 0.970. The van der Waals surface area contributed by atoms with Gasteiger partial charge in [-0.25, -0.2) is 0 Å². The summed E-state index contributed by atoms with van der Waals surface area (Å²) in [7, 11) is 0. The van der Waals surface area contributed by atoms with Crippen molar-refractivity contribution < 1.29 is 4.79 Å². The Labute approximate surface area is 132 Å². The lowest BCUT2D eigenvalue weighted by molar-refractivity contribution is -0.130. The van der Waals surface area contributed by atoms with E-state index in [1.54, 1.807) is 11.8 Å². The maximum Gasteiger partial charge on any atom is 0.227 e. The SMILES string of the molecule is CCC(CC)(CN)C(=O)NCCSc1ccccc1.Cl. The maximum absolute atomic E-state index is 12.2. The minimum atomic E-state index is -0.391. The Hall–Kier alpha value is -0.710. The number of hydrogen-bond donors (Lipinski definition) is 2. The minimum Gasteiger partial charge on any atom is -0.355 e. The number of halogens is 1. The van der Waals surface area contributed by atoms with E-state index in [1.807, 2.05) is 32.0 Å². The lowest BCUT2D eigenvalue weighted by Crippen LogP contribution is -2.45. The molecule has 3 nitrogen and oxygen atoms in total. The molecule has 0 aromatic heterocycles. The van der Waals surface area contributed by atoms with Gasteiger partial charge in [-0.2, -0.15) is 0 Å². The maximum atomic E-state index is 12.2. The van der Waals surface area contributed by atoms with Crippen LogP contribution in [-0.4, -0.2) is 24.7 Å². The molecule has 3 N–H and O–H groups in total. The van der Waals surface area contributed by atoms with E-state index in [4.69, 9.17) is 5.73 Å². The molecule has 0 atom stereocenters. The third-order valence-electron chi connectivity index (χ3n) is 3.63. The van der Waals surface area contributed by atoms with E-state index in [0.717, 1.165) is 18.6 Å². The van der Waals surface area contributed by atoms with Crippen LogP contribution in [0.1, 0.15) is 26.7 Å². The van der Waals surface area contributed by atoms with Crippen molar-refractivity contribution in [3.63, 3.8) is 0 Å². The van der Waals surface area contributed by atoms with Crippen molar-refractivity contribution in [2.75, 3.05) is 18.8 Å². The topological polar surface area (TPSA) is 55.1 Å². The van der Waals surface area contributed by atoms with Crippen LogP contribution in [0.3, 0.4) is 0 Å². The summed E-state index contributed by atoms with van der Waals surface area (Å²) in [4.78, 5) is 13.4. The number of carbonyl (C=O) groups excluding carboxylic acids is 1. The van der Waals surface area contributed by atoms with Crippen molar-refractivity contribution in [2.24, 2.45) is 11.1 Å². The third kappa shape index (κ3) is 5.35. The number of amides is 1. The first-order valence-corrected chi connectivity index (χ1v) is 7.83. The molecule has 1 amide bonds. The predicted molar refractivity (Wildman–Crippen MR) is 89.5 cm³/mol. The summed E-state index contributed by atoms with van der Waals surface area (Å²) in [6.07, 6.45) is 1.58. The number of hydrogen-bond acceptors (Lipinski definition) is 3. The van der Waals surface area contributed by atoms with Crippen LogP contribution in [0.5, 0.6) is 0 Å². The van der Waals surface area contributed by atoms with E-state index >= 15 is 0 Å². The fraction of sp³-hybridized carbons (Fsp3) is 0.533. The van der Waals surface area contributed by atoms with E-state index in [9.17, 15) is 4.79 Å². The highest BCUT2D eigenvalue weighted by Gasteiger charge is 2.32. The molecule has 0 saturated heterocycles. The van der Waals surface area contributed by atoms with Crippen LogP contribution in [0.2, 0.25) is 0 Å². The number of rotatable bonds is 8. The molecule has 114 valence electrons. The standard InChI is InChI=1S/C15H24N2OS.ClH/c1-3-15(4-2,12-16)14(18)17-10-11-19-13-8-6-5-7-9-13;/h5-9H,3-4,10-12,16H2,1-2H3,(H,17,18);1H. The van der Waals surface area contributed by atoms with Crippen molar-refractivity contribution in [2.45, 2.75) is 31.6 Å². The summed E-state index contributed by atoms with van der Waals surface area (Å²) >= 11 is 1.75. The Morgan fingerprint density at radius 2 is 1.85 bits per heavy atom. The van der Waals surface area contributed by atoms with Gasteiger partial charge in [-0.05, 0) is 25.0 Å². The van der Waals surface area contributed by atoms with E-state index < -0.39 is 5.41 Å². The highest BCUT2D eigenvalue weighted by molar-refractivity contribution is 7.99. The normalized spacial score (nSPS) is 10.8. The lowest BCUT2D eigenvalue weighted by atomic mass is 9.81. The molecule has 5 heteroatoms. The number of benzene rings is 1. The molecule has 0 fully saturated rings. The van der Waals surface area contributed by atoms with Gasteiger partial charge in [0.1, 0.15) is 0 Å². The molecule has 0 aliphatic rings. The van der Waals surface area contributed by atoms with E-state index in [0.29, 0.717) is 13.1 Å². The fourth-order valence-corrected chi connectivity index (χ4v) is 2.78. The highest BCUT2D eigenvalue weighted by atomic mass is 35.5. The fourth-order valence-electron chi connectivity index (χ4n) is 1.99. The molecule has 0 heterocycles. The second-order valence-corrected chi connectivity index (χ2v) is 5.78. The molecule has 0 saturated carbocycles. The molecular weight excluding hydrogens is 292 g/mol. The van der Waals surface area contributed by atoms with Crippen molar-refractivity contribution >= 4 is 30.1 Å². The first kappa shape index (κ1) is 19.3. The Morgan fingerprint density at radius 3 is 2.35 bits per heavy atom. The molecule has 20 heavy (non-hydrogen) atoms. The van der Waals surface area contributed by atoms with Crippen molar-refractivity contribution in [1.82, 2.24) is 5.32 Å². The summed E-state index contributed by atoms with van der Waals surface area (Å²) < 4.78 is 0. The van der Waals surface area contributed by atoms with E-state index in [-0.39, 0.29) is 18.3 Å². The largest absolute Gasteiger partial charge is 0.355 e. The highest BCUT2D eigenvalue weighted by Crippen LogP contribution is 2.25. The van der Waals surface area contributed by atoms with Crippen LogP contribution in [0.4, 0.5) is 0 Å². The summed E-state index contributed by atoms with van der Waals surface area (Å²) in [6.45, 7) is 5.14. The van der Waals surface area contributed by atoms with Crippen LogP contribution in [0.25, 0.3) is 0 Å². The van der Waals surface area contributed by atoms with Gasteiger partial charge in [-0.3, -0.25) is 4.79 Å². The van der Waals surface area contributed by atoms with Crippen molar-refractivity contribution in [3.8, 4) is 0 Å². The number of nitrogens with one attached hydrogen (secondary N) is 1. The second-order valence-electron chi connectivity index (χ2n) is 4.61. The molecule has 0 bridgehead atoms. The molecular formula is C15H25ClN2OS. The van der Waals surface area contributed by atoms with Gasteiger partial charge >= 0.3 is 0 Å². The minimum absolute atomic E-state index is 0. The Bertz CT molecular complexity index is 374. The van der Waals surface area contributed by atoms with Gasteiger partial charge in [0.15, 0.2) is 0 Å². The zero-order valence-corrected chi connectivity index (χ0v) is 13.9. The molecule has 0 aliphatic carbocycles. The average molecular weight is 317 g/mol. The molecule has 0 spiro atoms. The quantitative estimate of drug-likeness (QED) is 0.572.